The summed E-state index contributed by atoms with van der Waals surface area (Å²) in [6, 6.07) is 9.77. The number of fused-ring (bicyclic) bond motifs is 1. The van der Waals surface area contributed by atoms with Gasteiger partial charge in [-0.25, -0.2) is 0 Å². The number of para-hydroxylation sites is 1. The smallest absolute Gasteiger partial charge is 0.247 e. The van der Waals surface area contributed by atoms with Crippen LogP contribution in [0.2, 0.25) is 0 Å². The first-order chi connectivity index (χ1) is 8.68. The standard InChI is InChI=1S/C13H15N3O2/c14-13(18)11(17)8-15-7-10-4-1-3-9-5-2-6-16-12(9)10/h1-6,11,15,17H,7-8H2,(H2,14,18). The maximum absolute atomic E-state index is 10.7. The van der Waals surface area contributed by atoms with Crippen LogP contribution in [0.4, 0.5) is 0 Å². The number of hydrogen-bond donors (Lipinski definition) is 3. The van der Waals surface area contributed by atoms with Crippen LogP contribution < -0.4 is 11.1 Å². The van der Waals surface area contributed by atoms with E-state index in [1.54, 1.807) is 6.20 Å². The number of aliphatic hydroxyl groups excluding tert-OH is 1. The Morgan fingerprint density at radius 1 is 1.39 bits per heavy atom. The zero-order chi connectivity index (χ0) is 13.0. The maximum Gasteiger partial charge on any atom is 0.247 e. The number of carbonyl (C=O) groups is 1. The summed E-state index contributed by atoms with van der Waals surface area (Å²) in [6.45, 7) is 0.664. The van der Waals surface area contributed by atoms with Gasteiger partial charge in [0.2, 0.25) is 5.91 Å². The van der Waals surface area contributed by atoms with E-state index in [0.717, 1.165) is 16.5 Å². The van der Waals surface area contributed by atoms with Gasteiger partial charge in [0.15, 0.2) is 0 Å². The second kappa shape index (κ2) is 5.57. The van der Waals surface area contributed by atoms with Crippen LogP contribution in [-0.4, -0.2) is 28.6 Å². The molecule has 0 fully saturated rings. The Balaban J connectivity index is 2.06. The molecule has 1 unspecified atom stereocenters. The fourth-order valence-electron chi connectivity index (χ4n) is 1.75. The minimum atomic E-state index is -1.16. The normalized spacial score (nSPS) is 12.5. The molecule has 1 aromatic carbocycles. The Morgan fingerprint density at radius 3 is 2.94 bits per heavy atom. The number of aliphatic hydroxyl groups is 1. The predicted octanol–water partition coefficient (Wildman–Crippen LogP) is 0.171. The lowest BCUT2D eigenvalue weighted by Crippen LogP contribution is -2.37. The first-order valence-corrected chi connectivity index (χ1v) is 5.69. The second-order valence-corrected chi connectivity index (χ2v) is 4.04. The van der Waals surface area contributed by atoms with E-state index in [4.69, 9.17) is 5.73 Å². The first kappa shape index (κ1) is 12.5. The van der Waals surface area contributed by atoms with Gasteiger partial charge in [0.05, 0.1) is 5.52 Å². The van der Waals surface area contributed by atoms with E-state index >= 15 is 0 Å². The molecular formula is C13H15N3O2. The summed E-state index contributed by atoms with van der Waals surface area (Å²) in [5.74, 6) is -0.724. The Hall–Kier alpha value is -1.98. The first-order valence-electron chi connectivity index (χ1n) is 5.69. The van der Waals surface area contributed by atoms with Gasteiger partial charge < -0.3 is 16.2 Å². The van der Waals surface area contributed by atoms with E-state index in [9.17, 15) is 9.90 Å². The molecule has 1 aromatic heterocycles. The van der Waals surface area contributed by atoms with Crippen LogP contribution in [0.25, 0.3) is 10.9 Å². The largest absolute Gasteiger partial charge is 0.382 e. The molecule has 0 saturated carbocycles. The molecular weight excluding hydrogens is 230 g/mol. The summed E-state index contributed by atoms with van der Waals surface area (Å²) in [5.41, 5.74) is 6.90. The van der Waals surface area contributed by atoms with E-state index in [1.807, 2.05) is 30.3 Å². The molecule has 2 aromatic rings. The zero-order valence-corrected chi connectivity index (χ0v) is 9.84. The fourth-order valence-corrected chi connectivity index (χ4v) is 1.75. The molecule has 18 heavy (non-hydrogen) atoms. The molecule has 0 aliphatic carbocycles. The number of pyridine rings is 1. The summed E-state index contributed by atoms with van der Waals surface area (Å²) < 4.78 is 0. The molecule has 2 rings (SSSR count). The van der Waals surface area contributed by atoms with Gasteiger partial charge in [0, 0.05) is 24.7 Å². The van der Waals surface area contributed by atoms with Crippen LogP contribution in [0.3, 0.4) is 0 Å². The van der Waals surface area contributed by atoms with Gasteiger partial charge in [-0.05, 0) is 11.6 Å². The minimum Gasteiger partial charge on any atom is -0.382 e. The third-order valence-electron chi connectivity index (χ3n) is 2.70. The van der Waals surface area contributed by atoms with Gasteiger partial charge in [-0.15, -0.1) is 0 Å². The number of aromatic nitrogens is 1. The Morgan fingerprint density at radius 2 is 2.17 bits per heavy atom. The van der Waals surface area contributed by atoms with Crippen LogP contribution in [0.1, 0.15) is 5.56 Å². The van der Waals surface area contributed by atoms with Crippen molar-refractivity contribution in [3.8, 4) is 0 Å². The highest BCUT2D eigenvalue weighted by Crippen LogP contribution is 2.15. The molecule has 94 valence electrons. The topological polar surface area (TPSA) is 88.2 Å². The number of nitrogens with two attached hydrogens (primary N) is 1. The van der Waals surface area contributed by atoms with Gasteiger partial charge in [-0.3, -0.25) is 9.78 Å². The molecule has 4 N–H and O–H groups in total. The third kappa shape index (κ3) is 2.82. The zero-order valence-electron chi connectivity index (χ0n) is 9.84. The Kier molecular flexibility index (Phi) is 3.86. The highest BCUT2D eigenvalue weighted by Gasteiger charge is 2.10. The molecule has 0 radical (unpaired) electrons. The second-order valence-electron chi connectivity index (χ2n) is 4.04. The van der Waals surface area contributed by atoms with Crippen LogP contribution in [0, 0.1) is 0 Å². The summed E-state index contributed by atoms with van der Waals surface area (Å²) in [4.78, 5) is 15.0. The van der Waals surface area contributed by atoms with Gasteiger partial charge in [0.1, 0.15) is 6.10 Å². The highest BCUT2D eigenvalue weighted by molar-refractivity contribution is 5.81. The molecule has 1 amide bonds. The highest BCUT2D eigenvalue weighted by atomic mass is 16.3. The maximum atomic E-state index is 10.7. The lowest BCUT2D eigenvalue weighted by atomic mass is 10.1. The van der Waals surface area contributed by atoms with Crippen molar-refractivity contribution in [3.63, 3.8) is 0 Å². The van der Waals surface area contributed by atoms with Crippen molar-refractivity contribution in [1.82, 2.24) is 10.3 Å². The molecule has 0 spiro atoms. The van der Waals surface area contributed by atoms with E-state index < -0.39 is 12.0 Å². The number of primary amides is 1. The Bertz CT molecular complexity index is 551. The molecule has 5 nitrogen and oxygen atoms in total. The van der Waals surface area contributed by atoms with Crippen molar-refractivity contribution < 1.29 is 9.90 Å². The average molecular weight is 245 g/mol. The number of hydrogen-bond acceptors (Lipinski definition) is 4. The molecule has 0 bridgehead atoms. The number of amides is 1. The van der Waals surface area contributed by atoms with Crippen LogP contribution >= 0.6 is 0 Å². The van der Waals surface area contributed by atoms with Crippen LogP contribution in [0.15, 0.2) is 36.5 Å². The monoisotopic (exact) mass is 245 g/mol. The Labute approximate surface area is 105 Å². The van der Waals surface area contributed by atoms with Crippen molar-refractivity contribution in [2.24, 2.45) is 5.73 Å². The van der Waals surface area contributed by atoms with Gasteiger partial charge in [-0.1, -0.05) is 24.3 Å². The molecule has 0 aliphatic heterocycles. The van der Waals surface area contributed by atoms with Gasteiger partial charge >= 0.3 is 0 Å². The number of benzene rings is 1. The number of carbonyl (C=O) groups excluding carboxylic acids is 1. The van der Waals surface area contributed by atoms with E-state index in [2.05, 4.69) is 10.3 Å². The molecule has 5 heteroatoms. The summed E-state index contributed by atoms with van der Waals surface area (Å²) in [5, 5.41) is 13.3. The van der Waals surface area contributed by atoms with E-state index in [0.29, 0.717) is 6.54 Å². The number of rotatable bonds is 5. The van der Waals surface area contributed by atoms with Crippen molar-refractivity contribution in [2.45, 2.75) is 12.6 Å². The summed E-state index contributed by atoms with van der Waals surface area (Å²) in [7, 11) is 0. The fraction of sp³-hybridized carbons (Fsp3) is 0.231. The summed E-state index contributed by atoms with van der Waals surface area (Å²) in [6.07, 6.45) is 0.581. The van der Waals surface area contributed by atoms with Gasteiger partial charge in [-0.2, -0.15) is 0 Å². The van der Waals surface area contributed by atoms with Crippen molar-refractivity contribution in [3.05, 3.63) is 42.1 Å². The molecule has 1 atom stereocenters. The minimum absolute atomic E-state index is 0.137. The molecule has 0 aliphatic rings. The van der Waals surface area contributed by atoms with Gasteiger partial charge in [0.25, 0.3) is 0 Å². The lowest BCUT2D eigenvalue weighted by Gasteiger charge is -2.09. The molecule has 0 saturated heterocycles. The number of nitrogens with one attached hydrogen (secondary N) is 1. The van der Waals surface area contributed by atoms with Crippen LogP contribution in [0.5, 0.6) is 0 Å². The SMILES string of the molecule is NC(=O)C(O)CNCc1cccc2cccnc12. The van der Waals surface area contributed by atoms with Crippen LogP contribution in [-0.2, 0) is 11.3 Å². The lowest BCUT2D eigenvalue weighted by molar-refractivity contribution is -0.125. The quantitative estimate of drug-likeness (QED) is 0.700. The van der Waals surface area contributed by atoms with Crippen molar-refractivity contribution >= 4 is 16.8 Å². The van der Waals surface area contributed by atoms with E-state index in [1.165, 1.54) is 0 Å². The average Bonchev–Trinajstić information content (AvgIpc) is 2.38. The van der Waals surface area contributed by atoms with Crippen molar-refractivity contribution in [1.29, 1.82) is 0 Å². The predicted molar refractivity (Wildman–Crippen MR) is 68.7 cm³/mol. The molecule has 1 heterocycles. The number of nitrogens with zero attached hydrogens (tertiary/aromatic N) is 1. The van der Waals surface area contributed by atoms with E-state index in [-0.39, 0.29) is 6.54 Å². The third-order valence-corrected chi connectivity index (χ3v) is 2.70. The van der Waals surface area contributed by atoms with Crippen molar-refractivity contribution in [2.75, 3.05) is 6.54 Å². The summed E-state index contributed by atoms with van der Waals surface area (Å²) >= 11 is 0.